The lowest BCUT2D eigenvalue weighted by molar-refractivity contribution is -0.150. The van der Waals surface area contributed by atoms with Gasteiger partial charge in [-0.2, -0.15) is 13.9 Å². The molecular weight excluding hydrogens is 448 g/mol. The maximum atomic E-state index is 14.0. The minimum Gasteiger partial charge on any atom is -0.462 e. The van der Waals surface area contributed by atoms with E-state index in [0.717, 1.165) is 0 Å². The van der Waals surface area contributed by atoms with E-state index in [0.29, 0.717) is 6.42 Å². The van der Waals surface area contributed by atoms with Gasteiger partial charge in [0.15, 0.2) is 0 Å². The Bertz CT molecular complexity index is 962. The first-order valence-electron chi connectivity index (χ1n) is 9.03. The van der Waals surface area contributed by atoms with Crippen molar-refractivity contribution in [3.8, 4) is 11.5 Å². The van der Waals surface area contributed by atoms with Crippen molar-refractivity contribution >= 4 is 13.7 Å². The fourth-order valence-corrected chi connectivity index (χ4v) is 3.67. The summed E-state index contributed by atoms with van der Waals surface area (Å²) in [6.07, 6.45) is -0.0280. The highest BCUT2D eigenvalue weighted by Crippen LogP contribution is 2.47. The maximum absolute atomic E-state index is 14.0. The number of hydrogen-bond acceptors (Lipinski definition) is 5. The van der Waals surface area contributed by atoms with Crippen LogP contribution in [0.5, 0.6) is 11.5 Å². The molecule has 1 N–H and O–H groups in total. The van der Waals surface area contributed by atoms with Crippen LogP contribution >= 0.6 is 7.75 Å². The second-order valence-corrected chi connectivity index (χ2v) is 8.02. The SMILES string of the molecule is CC[C@@H](C)OC(=O)[C@H](C)NP(=O)(Oc1ccccc1)Oc1c(F)c(F)c(F)c(F)c1F. The first kappa shape index (κ1) is 24.6. The van der Waals surface area contributed by atoms with Crippen LogP contribution in [-0.4, -0.2) is 18.1 Å². The molecule has 0 bridgehead atoms. The molecule has 0 radical (unpaired) electrons. The largest absolute Gasteiger partial charge is 0.513 e. The molecule has 0 amide bonds. The van der Waals surface area contributed by atoms with Gasteiger partial charge in [0.05, 0.1) is 6.10 Å². The van der Waals surface area contributed by atoms with Crippen molar-refractivity contribution in [1.29, 1.82) is 0 Å². The molecule has 0 heterocycles. The molecule has 0 aliphatic heterocycles. The second kappa shape index (κ2) is 10.1. The Morgan fingerprint density at radius 1 is 0.935 bits per heavy atom. The number of ether oxygens (including phenoxy) is 1. The second-order valence-electron chi connectivity index (χ2n) is 6.40. The standard InChI is InChI=1S/C19H19F5NO5P/c1-4-10(2)28-19(26)11(3)25-31(27,29-12-8-6-5-7-9-12)30-18-16(23)14(21)13(20)15(22)17(18)24/h5-11H,4H2,1-3H3,(H,25,27)/t10-,11+,31?/m1/s1. The van der Waals surface area contributed by atoms with Crippen molar-refractivity contribution in [2.75, 3.05) is 0 Å². The molecule has 2 rings (SSSR count). The minimum absolute atomic E-state index is 0.135. The molecule has 1 unspecified atom stereocenters. The van der Waals surface area contributed by atoms with E-state index in [4.69, 9.17) is 9.26 Å². The van der Waals surface area contributed by atoms with Crippen LogP contribution < -0.4 is 14.1 Å². The van der Waals surface area contributed by atoms with Gasteiger partial charge < -0.3 is 13.8 Å². The van der Waals surface area contributed by atoms with Crippen LogP contribution in [0.2, 0.25) is 0 Å². The lowest BCUT2D eigenvalue weighted by Crippen LogP contribution is -2.37. The highest BCUT2D eigenvalue weighted by atomic mass is 31.2. The number of hydrogen-bond donors (Lipinski definition) is 1. The normalized spacial score (nSPS) is 15.0. The molecule has 0 fully saturated rings. The minimum atomic E-state index is -4.92. The van der Waals surface area contributed by atoms with Crippen molar-refractivity contribution in [1.82, 2.24) is 5.09 Å². The Kier molecular flexibility index (Phi) is 8.02. The molecule has 170 valence electrons. The highest BCUT2D eigenvalue weighted by Gasteiger charge is 2.38. The number of esters is 1. The van der Waals surface area contributed by atoms with Gasteiger partial charge in [0, 0.05) is 0 Å². The zero-order chi connectivity index (χ0) is 23.3. The molecule has 0 aromatic heterocycles. The Balaban J connectivity index is 2.42. The summed E-state index contributed by atoms with van der Waals surface area (Å²) in [5, 5.41) is 2.09. The molecule has 31 heavy (non-hydrogen) atoms. The number of carbonyl (C=O) groups excluding carboxylic acids is 1. The Morgan fingerprint density at radius 3 is 1.97 bits per heavy atom. The smallest absolute Gasteiger partial charge is 0.462 e. The molecular formula is C19H19F5NO5P. The first-order chi connectivity index (χ1) is 14.5. The molecule has 0 saturated carbocycles. The van der Waals surface area contributed by atoms with Crippen LogP contribution in [0.1, 0.15) is 27.2 Å². The van der Waals surface area contributed by atoms with Gasteiger partial charge in [-0.1, -0.05) is 25.1 Å². The van der Waals surface area contributed by atoms with Gasteiger partial charge in [0.2, 0.25) is 34.8 Å². The van der Waals surface area contributed by atoms with E-state index in [9.17, 15) is 31.3 Å². The molecule has 0 spiro atoms. The first-order valence-corrected chi connectivity index (χ1v) is 10.6. The van der Waals surface area contributed by atoms with E-state index < -0.39 is 60.7 Å². The van der Waals surface area contributed by atoms with E-state index in [1.165, 1.54) is 31.2 Å². The topological polar surface area (TPSA) is 73.9 Å². The van der Waals surface area contributed by atoms with Gasteiger partial charge in [-0.3, -0.25) is 4.79 Å². The van der Waals surface area contributed by atoms with Crippen molar-refractivity contribution < 1.29 is 45.1 Å². The molecule has 2 aromatic carbocycles. The summed E-state index contributed by atoms with van der Waals surface area (Å²) >= 11 is 0. The third-order valence-electron chi connectivity index (χ3n) is 3.95. The zero-order valence-electron chi connectivity index (χ0n) is 16.6. The third-order valence-corrected chi connectivity index (χ3v) is 5.52. The molecule has 0 saturated heterocycles. The number of nitrogens with one attached hydrogen (secondary N) is 1. The summed E-state index contributed by atoms with van der Waals surface area (Å²) in [4.78, 5) is 12.1. The van der Waals surface area contributed by atoms with Crippen LogP contribution in [0.3, 0.4) is 0 Å². The van der Waals surface area contributed by atoms with Crippen LogP contribution in [0, 0.1) is 29.1 Å². The quantitative estimate of drug-likeness (QED) is 0.178. The Morgan fingerprint density at radius 2 is 1.45 bits per heavy atom. The summed E-state index contributed by atoms with van der Waals surface area (Å²) in [7, 11) is -4.92. The summed E-state index contributed by atoms with van der Waals surface area (Å²) in [5.74, 6) is -14.6. The van der Waals surface area contributed by atoms with Gasteiger partial charge in [0.1, 0.15) is 11.8 Å². The monoisotopic (exact) mass is 467 g/mol. The third kappa shape index (κ3) is 5.95. The molecule has 0 aliphatic rings. The molecule has 12 heteroatoms. The summed E-state index contributed by atoms with van der Waals surface area (Å²) in [5.41, 5.74) is 0. The summed E-state index contributed by atoms with van der Waals surface area (Å²) in [6.45, 7) is 4.52. The van der Waals surface area contributed by atoms with E-state index >= 15 is 0 Å². The Hall–Kier alpha value is -2.65. The average molecular weight is 467 g/mol. The van der Waals surface area contributed by atoms with Crippen molar-refractivity contribution in [2.45, 2.75) is 39.3 Å². The lowest BCUT2D eigenvalue weighted by atomic mass is 10.3. The number of para-hydroxylation sites is 1. The van der Waals surface area contributed by atoms with Crippen molar-refractivity contribution in [3.63, 3.8) is 0 Å². The number of halogens is 5. The van der Waals surface area contributed by atoms with E-state index in [-0.39, 0.29) is 5.75 Å². The van der Waals surface area contributed by atoms with E-state index in [1.807, 2.05) is 0 Å². The van der Waals surface area contributed by atoms with Crippen LogP contribution in [0.25, 0.3) is 0 Å². The summed E-state index contributed by atoms with van der Waals surface area (Å²) in [6, 6.07) is 5.67. The fourth-order valence-electron chi connectivity index (χ4n) is 2.15. The lowest BCUT2D eigenvalue weighted by Gasteiger charge is -2.24. The number of benzene rings is 2. The number of rotatable bonds is 9. The summed E-state index contributed by atoms with van der Waals surface area (Å²) < 4.78 is 96.4. The van der Waals surface area contributed by atoms with Gasteiger partial charge in [-0.15, -0.1) is 0 Å². The maximum Gasteiger partial charge on any atom is 0.513 e. The molecule has 3 atom stereocenters. The predicted octanol–water partition coefficient (Wildman–Crippen LogP) is 5.27. The zero-order valence-corrected chi connectivity index (χ0v) is 17.5. The molecule has 6 nitrogen and oxygen atoms in total. The van der Waals surface area contributed by atoms with Crippen LogP contribution in [-0.2, 0) is 14.1 Å². The predicted molar refractivity (Wildman–Crippen MR) is 100.0 cm³/mol. The van der Waals surface area contributed by atoms with Crippen LogP contribution in [0.4, 0.5) is 22.0 Å². The van der Waals surface area contributed by atoms with Gasteiger partial charge in [-0.25, -0.2) is 17.7 Å². The van der Waals surface area contributed by atoms with E-state index in [2.05, 4.69) is 9.61 Å². The van der Waals surface area contributed by atoms with Gasteiger partial charge >= 0.3 is 13.7 Å². The van der Waals surface area contributed by atoms with Crippen LogP contribution in [0.15, 0.2) is 30.3 Å². The average Bonchev–Trinajstić information content (AvgIpc) is 2.74. The van der Waals surface area contributed by atoms with Crippen molar-refractivity contribution in [2.24, 2.45) is 0 Å². The van der Waals surface area contributed by atoms with Gasteiger partial charge in [0.25, 0.3) is 0 Å². The fraction of sp³-hybridized carbons (Fsp3) is 0.316. The molecule has 2 aromatic rings. The number of carbonyl (C=O) groups is 1. The van der Waals surface area contributed by atoms with E-state index in [1.54, 1.807) is 19.9 Å². The van der Waals surface area contributed by atoms with Crippen molar-refractivity contribution in [3.05, 3.63) is 59.4 Å². The van der Waals surface area contributed by atoms with Gasteiger partial charge in [-0.05, 0) is 32.4 Å². The Labute approximate surface area is 174 Å². The molecule has 0 aliphatic carbocycles. The highest BCUT2D eigenvalue weighted by molar-refractivity contribution is 7.52.